The largest absolute Gasteiger partial charge is 0.301 e. The molecule has 0 N–H and O–H groups in total. The summed E-state index contributed by atoms with van der Waals surface area (Å²) in [4.78, 5) is 9.94. The highest BCUT2D eigenvalue weighted by Crippen LogP contribution is 2.23. The standard InChI is InChI=1S/C13H21ClN4O2S/c1-10(2)18-6-4-11(5-7-18)17(3)21(19,20)12-8-15-13(14)16-9-12/h8-11H,4-7H2,1-3H3. The number of rotatable bonds is 4. The highest BCUT2D eigenvalue weighted by atomic mass is 35.5. The molecular formula is C13H21ClN4O2S. The monoisotopic (exact) mass is 332 g/mol. The van der Waals surface area contributed by atoms with Crippen molar-refractivity contribution in [3.63, 3.8) is 0 Å². The third-order valence-electron chi connectivity index (χ3n) is 4.02. The molecule has 0 aliphatic carbocycles. The number of aromatic nitrogens is 2. The van der Waals surface area contributed by atoms with Crippen LogP contribution in [0.5, 0.6) is 0 Å². The van der Waals surface area contributed by atoms with Gasteiger partial charge < -0.3 is 4.90 Å². The minimum absolute atomic E-state index is 0.0145. The van der Waals surface area contributed by atoms with Crippen molar-refractivity contribution < 1.29 is 8.42 Å². The van der Waals surface area contributed by atoms with Crippen LogP contribution in [0, 0.1) is 0 Å². The first kappa shape index (κ1) is 16.6. The predicted molar refractivity (Wildman–Crippen MR) is 81.7 cm³/mol. The van der Waals surface area contributed by atoms with Crippen LogP contribution in [0.4, 0.5) is 0 Å². The van der Waals surface area contributed by atoms with Crippen LogP contribution in [0.3, 0.4) is 0 Å². The second-order valence-corrected chi connectivity index (χ2v) is 7.91. The SMILES string of the molecule is CC(C)N1CCC(N(C)S(=O)(=O)c2cnc(Cl)nc2)CC1. The molecule has 1 fully saturated rings. The van der Waals surface area contributed by atoms with Crippen LogP contribution < -0.4 is 0 Å². The lowest BCUT2D eigenvalue weighted by atomic mass is 10.0. The summed E-state index contributed by atoms with van der Waals surface area (Å²) in [6.45, 7) is 6.15. The molecule has 1 saturated heterocycles. The fourth-order valence-electron chi connectivity index (χ4n) is 2.56. The smallest absolute Gasteiger partial charge is 0.246 e. The van der Waals surface area contributed by atoms with Crippen molar-refractivity contribution >= 4 is 21.6 Å². The minimum atomic E-state index is -3.56. The molecular weight excluding hydrogens is 312 g/mol. The van der Waals surface area contributed by atoms with E-state index in [2.05, 4.69) is 28.7 Å². The highest BCUT2D eigenvalue weighted by molar-refractivity contribution is 7.89. The van der Waals surface area contributed by atoms with Gasteiger partial charge in [0.1, 0.15) is 4.90 Å². The van der Waals surface area contributed by atoms with E-state index < -0.39 is 10.0 Å². The van der Waals surface area contributed by atoms with Crippen LogP contribution in [-0.4, -0.2) is 59.8 Å². The first-order chi connectivity index (χ1) is 9.82. The van der Waals surface area contributed by atoms with E-state index in [1.807, 2.05) is 0 Å². The maximum atomic E-state index is 12.5. The lowest BCUT2D eigenvalue weighted by molar-refractivity contribution is 0.140. The quantitative estimate of drug-likeness (QED) is 0.784. The third-order valence-corrected chi connectivity index (χ3v) is 6.08. The van der Waals surface area contributed by atoms with Crippen molar-refractivity contribution in [1.29, 1.82) is 0 Å². The third kappa shape index (κ3) is 3.71. The lowest BCUT2D eigenvalue weighted by Gasteiger charge is -2.37. The number of nitrogens with zero attached hydrogens (tertiary/aromatic N) is 4. The number of sulfonamides is 1. The van der Waals surface area contributed by atoms with Crippen LogP contribution in [0.25, 0.3) is 0 Å². The maximum absolute atomic E-state index is 12.5. The van der Waals surface area contributed by atoms with Gasteiger partial charge in [-0.1, -0.05) is 0 Å². The van der Waals surface area contributed by atoms with E-state index in [4.69, 9.17) is 11.6 Å². The predicted octanol–water partition coefficient (Wildman–Crippen LogP) is 1.62. The van der Waals surface area contributed by atoms with Crippen LogP contribution in [0.15, 0.2) is 17.3 Å². The lowest BCUT2D eigenvalue weighted by Crippen LogP contribution is -2.47. The van der Waals surface area contributed by atoms with Crippen LogP contribution in [0.1, 0.15) is 26.7 Å². The van der Waals surface area contributed by atoms with Gasteiger partial charge in [0.15, 0.2) is 0 Å². The first-order valence-corrected chi connectivity index (χ1v) is 8.84. The normalized spacial score (nSPS) is 18.6. The topological polar surface area (TPSA) is 66.4 Å². The number of halogens is 1. The van der Waals surface area contributed by atoms with E-state index in [0.717, 1.165) is 25.9 Å². The molecule has 1 aliphatic rings. The van der Waals surface area contributed by atoms with Gasteiger partial charge in [-0.2, -0.15) is 4.31 Å². The summed E-state index contributed by atoms with van der Waals surface area (Å²) >= 11 is 5.60. The Morgan fingerprint density at radius 3 is 2.29 bits per heavy atom. The van der Waals surface area contributed by atoms with Crippen molar-refractivity contribution in [3.05, 3.63) is 17.7 Å². The summed E-state index contributed by atoms with van der Waals surface area (Å²) < 4.78 is 26.5. The molecule has 0 unspecified atom stereocenters. The van der Waals surface area contributed by atoms with E-state index >= 15 is 0 Å². The van der Waals surface area contributed by atoms with Crippen LogP contribution in [0.2, 0.25) is 5.28 Å². The fraction of sp³-hybridized carbons (Fsp3) is 0.692. The summed E-state index contributed by atoms with van der Waals surface area (Å²) in [6, 6.07) is 0.512. The zero-order valence-electron chi connectivity index (χ0n) is 12.5. The van der Waals surface area contributed by atoms with Gasteiger partial charge in [0, 0.05) is 19.1 Å². The Kier molecular flexibility index (Phi) is 5.19. The molecule has 6 nitrogen and oxygen atoms in total. The molecule has 0 aromatic carbocycles. The molecule has 21 heavy (non-hydrogen) atoms. The zero-order chi connectivity index (χ0) is 15.6. The molecule has 0 amide bonds. The second-order valence-electron chi connectivity index (χ2n) is 5.57. The molecule has 0 saturated carbocycles. The molecule has 2 heterocycles. The first-order valence-electron chi connectivity index (χ1n) is 7.02. The summed E-state index contributed by atoms with van der Waals surface area (Å²) in [5, 5.41) is 0.0434. The highest BCUT2D eigenvalue weighted by Gasteiger charge is 2.31. The van der Waals surface area contributed by atoms with Crippen LogP contribution >= 0.6 is 11.6 Å². The fourth-order valence-corrected chi connectivity index (χ4v) is 3.97. The van der Waals surface area contributed by atoms with Gasteiger partial charge in [-0.3, -0.25) is 0 Å². The average Bonchev–Trinajstić information content (AvgIpc) is 2.47. The molecule has 0 radical (unpaired) electrons. The van der Waals surface area contributed by atoms with Gasteiger partial charge in [-0.05, 0) is 51.4 Å². The number of piperidine rings is 1. The number of hydrogen-bond donors (Lipinski definition) is 0. The molecule has 1 aromatic rings. The summed E-state index contributed by atoms with van der Waals surface area (Å²) in [7, 11) is -1.94. The van der Waals surface area contributed by atoms with Crippen LogP contribution in [-0.2, 0) is 10.0 Å². The van der Waals surface area contributed by atoms with Gasteiger partial charge >= 0.3 is 0 Å². The second kappa shape index (κ2) is 6.56. The van der Waals surface area contributed by atoms with Gasteiger partial charge in [0.05, 0.1) is 12.4 Å². The zero-order valence-corrected chi connectivity index (χ0v) is 14.1. The maximum Gasteiger partial charge on any atom is 0.246 e. The Morgan fingerprint density at radius 1 is 1.29 bits per heavy atom. The van der Waals surface area contributed by atoms with Crippen molar-refractivity contribution in [2.45, 2.75) is 43.7 Å². The Hall–Kier alpha value is -0.760. The van der Waals surface area contributed by atoms with E-state index in [9.17, 15) is 8.42 Å². The van der Waals surface area contributed by atoms with E-state index in [1.54, 1.807) is 7.05 Å². The Labute approximate surface area is 131 Å². The Balaban J connectivity index is 2.09. The van der Waals surface area contributed by atoms with E-state index in [1.165, 1.54) is 16.7 Å². The van der Waals surface area contributed by atoms with E-state index in [0.29, 0.717) is 6.04 Å². The van der Waals surface area contributed by atoms with Gasteiger partial charge in [-0.15, -0.1) is 0 Å². The molecule has 1 aromatic heterocycles. The average molecular weight is 333 g/mol. The number of hydrogen-bond acceptors (Lipinski definition) is 5. The molecule has 1 aliphatic heterocycles. The molecule has 2 rings (SSSR count). The molecule has 118 valence electrons. The number of likely N-dealkylation sites (tertiary alicyclic amines) is 1. The molecule has 0 spiro atoms. The van der Waals surface area contributed by atoms with Gasteiger partial charge in [0.25, 0.3) is 0 Å². The minimum Gasteiger partial charge on any atom is -0.301 e. The Morgan fingerprint density at radius 2 is 1.81 bits per heavy atom. The summed E-state index contributed by atoms with van der Waals surface area (Å²) in [5.74, 6) is 0. The van der Waals surface area contributed by atoms with Crippen molar-refractivity contribution in [2.75, 3.05) is 20.1 Å². The van der Waals surface area contributed by atoms with E-state index in [-0.39, 0.29) is 16.2 Å². The van der Waals surface area contributed by atoms with Gasteiger partial charge in [0.2, 0.25) is 15.3 Å². The van der Waals surface area contributed by atoms with Crippen molar-refractivity contribution in [2.24, 2.45) is 0 Å². The van der Waals surface area contributed by atoms with Crippen molar-refractivity contribution in [3.8, 4) is 0 Å². The van der Waals surface area contributed by atoms with Crippen molar-refractivity contribution in [1.82, 2.24) is 19.2 Å². The van der Waals surface area contributed by atoms with Gasteiger partial charge in [-0.25, -0.2) is 18.4 Å². The Bertz CT molecular complexity index is 568. The summed E-state index contributed by atoms with van der Waals surface area (Å²) in [5.41, 5.74) is 0. The summed E-state index contributed by atoms with van der Waals surface area (Å²) in [6.07, 6.45) is 4.18. The molecule has 0 bridgehead atoms. The molecule has 8 heteroatoms. The molecule has 0 atom stereocenters.